The van der Waals surface area contributed by atoms with E-state index in [4.69, 9.17) is 16.6 Å². The summed E-state index contributed by atoms with van der Waals surface area (Å²) < 4.78 is 2.17. The Hall–Kier alpha value is -2.59. The highest BCUT2D eigenvalue weighted by atomic mass is 35.5. The van der Waals surface area contributed by atoms with Crippen LogP contribution in [0.3, 0.4) is 0 Å². The predicted molar refractivity (Wildman–Crippen MR) is 106 cm³/mol. The smallest absolute Gasteiger partial charge is 0.224 e. The first kappa shape index (κ1) is 18.2. The molecule has 4 nitrogen and oxygen atoms in total. The molecule has 1 aromatic heterocycles. The molecule has 0 atom stereocenters. The summed E-state index contributed by atoms with van der Waals surface area (Å²) in [7, 11) is 0. The molecule has 3 rings (SSSR count). The Morgan fingerprint density at radius 1 is 1.19 bits per heavy atom. The van der Waals surface area contributed by atoms with Gasteiger partial charge in [0.1, 0.15) is 5.82 Å². The number of imidazole rings is 1. The van der Waals surface area contributed by atoms with E-state index in [9.17, 15) is 4.79 Å². The molecule has 0 saturated heterocycles. The first-order valence-electron chi connectivity index (χ1n) is 8.62. The number of fused-ring (bicyclic) bond motifs is 1. The minimum absolute atomic E-state index is 0.00474. The van der Waals surface area contributed by atoms with E-state index < -0.39 is 0 Å². The molecule has 3 aromatic rings. The fourth-order valence-electron chi connectivity index (χ4n) is 2.93. The van der Waals surface area contributed by atoms with Crippen molar-refractivity contribution in [2.75, 3.05) is 6.54 Å². The van der Waals surface area contributed by atoms with Crippen LogP contribution in [0, 0.1) is 0 Å². The van der Waals surface area contributed by atoms with Crippen LogP contribution in [0.2, 0.25) is 5.02 Å². The quantitative estimate of drug-likeness (QED) is 0.637. The van der Waals surface area contributed by atoms with E-state index in [0.29, 0.717) is 24.4 Å². The van der Waals surface area contributed by atoms with Gasteiger partial charge in [-0.05, 0) is 36.8 Å². The Morgan fingerprint density at radius 2 is 1.92 bits per heavy atom. The van der Waals surface area contributed by atoms with E-state index in [-0.39, 0.29) is 5.91 Å². The summed E-state index contributed by atoms with van der Waals surface area (Å²) in [5.41, 5.74) is 4.08. The maximum Gasteiger partial charge on any atom is 0.224 e. The third-order valence-corrected chi connectivity index (χ3v) is 4.36. The van der Waals surface area contributed by atoms with Crippen LogP contribution < -0.4 is 5.32 Å². The molecule has 1 amide bonds. The van der Waals surface area contributed by atoms with Crippen LogP contribution in [0.1, 0.15) is 18.3 Å². The molecule has 0 aliphatic rings. The molecule has 1 N–H and O–H groups in total. The largest absolute Gasteiger partial charge is 0.355 e. The van der Waals surface area contributed by atoms with E-state index in [0.717, 1.165) is 34.5 Å². The fourth-order valence-corrected chi connectivity index (χ4v) is 3.05. The number of benzene rings is 2. The van der Waals surface area contributed by atoms with E-state index >= 15 is 0 Å². The van der Waals surface area contributed by atoms with Crippen molar-refractivity contribution >= 4 is 28.5 Å². The maximum absolute atomic E-state index is 12.1. The first-order valence-corrected chi connectivity index (χ1v) is 9.00. The van der Waals surface area contributed by atoms with Crippen molar-refractivity contribution in [2.24, 2.45) is 0 Å². The van der Waals surface area contributed by atoms with Gasteiger partial charge >= 0.3 is 0 Å². The van der Waals surface area contributed by atoms with Gasteiger partial charge in [-0.15, -0.1) is 0 Å². The van der Waals surface area contributed by atoms with E-state index in [1.165, 1.54) is 0 Å². The molecule has 0 unspecified atom stereocenters. The maximum atomic E-state index is 12.1. The summed E-state index contributed by atoms with van der Waals surface area (Å²) in [6, 6.07) is 15.4. The Labute approximate surface area is 158 Å². The number of rotatable bonds is 7. The zero-order valence-corrected chi connectivity index (χ0v) is 15.6. The van der Waals surface area contributed by atoms with Gasteiger partial charge in [-0.25, -0.2) is 4.98 Å². The van der Waals surface area contributed by atoms with Crippen LogP contribution in [0.15, 0.2) is 60.7 Å². The van der Waals surface area contributed by atoms with Gasteiger partial charge in [-0.3, -0.25) is 4.79 Å². The molecule has 0 bridgehead atoms. The highest BCUT2D eigenvalue weighted by molar-refractivity contribution is 6.30. The third-order valence-electron chi connectivity index (χ3n) is 4.11. The normalized spacial score (nSPS) is 10.8. The highest BCUT2D eigenvalue weighted by Crippen LogP contribution is 2.17. The van der Waals surface area contributed by atoms with Crippen LogP contribution in [-0.4, -0.2) is 22.0 Å². The Kier molecular flexibility index (Phi) is 5.74. The minimum atomic E-state index is -0.00474. The number of para-hydroxylation sites is 2. The molecule has 1 heterocycles. The summed E-state index contributed by atoms with van der Waals surface area (Å²) in [4.78, 5) is 16.8. The predicted octanol–water partition coefficient (Wildman–Crippen LogP) is 4.17. The molecule has 0 aliphatic carbocycles. The molecule has 0 fully saturated rings. The lowest BCUT2D eigenvalue weighted by Crippen LogP contribution is -2.28. The van der Waals surface area contributed by atoms with Gasteiger partial charge in [0, 0.05) is 24.5 Å². The SMILES string of the molecule is C=C(C)Cn1c(CCNC(=O)Cc2ccc(Cl)cc2)nc2ccccc21. The summed E-state index contributed by atoms with van der Waals surface area (Å²) >= 11 is 5.87. The topological polar surface area (TPSA) is 46.9 Å². The van der Waals surface area contributed by atoms with Crippen LogP contribution >= 0.6 is 11.6 Å². The fraction of sp³-hybridized carbons (Fsp3) is 0.238. The van der Waals surface area contributed by atoms with Gasteiger partial charge in [0.25, 0.3) is 0 Å². The second-order valence-corrected chi connectivity index (χ2v) is 6.90. The van der Waals surface area contributed by atoms with Gasteiger partial charge in [0.05, 0.1) is 17.5 Å². The number of carbonyl (C=O) groups excluding carboxylic acids is 1. The van der Waals surface area contributed by atoms with Gasteiger partial charge in [0.15, 0.2) is 0 Å². The average molecular weight is 368 g/mol. The highest BCUT2D eigenvalue weighted by Gasteiger charge is 2.11. The summed E-state index contributed by atoms with van der Waals surface area (Å²) in [6.07, 6.45) is 1.02. The van der Waals surface area contributed by atoms with Gasteiger partial charge in [-0.1, -0.05) is 48.0 Å². The molecule has 5 heteroatoms. The van der Waals surface area contributed by atoms with E-state index in [1.54, 1.807) is 12.1 Å². The number of carbonyl (C=O) groups is 1. The number of allylic oxidation sites excluding steroid dienone is 1. The zero-order valence-electron chi connectivity index (χ0n) is 14.8. The number of aromatic nitrogens is 2. The van der Waals surface area contributed by atoms with Crippen molar-refractivity contribution in [1.82, 2.24) is 14.9 Å². The first-order chi connectivity index (χ1) is 12.5. The Bertz CT molecular complexity index is 928. The van der Waals surface area contributed by atoms with Gasteiger partial charge in [0.2, 0.25) is 5.91 Å². The third kappa shape index (κ3) is 4.52. The molecule has 2 aromatic carbocycles. The van der Waals surface area contributed by atoms with Crippen LogP contribution in [0.4, 0.5) is 0 Å². The lowest BCUT2D eigenvalue weighted by molar-refractivity contribution is -0.120. The molecular formula is C21H22ClN3O. The standard InChI is InChI=1S/C21H22ClN3O/c1-15(2)14-25-19-6-4-3-5-18(19)24-20(25)11-12-23-21(26)13-16-7-9-17(22)10-8-16/h3-10H,1,11-14H2,2H3,(H,23,26). The van der Waals surface area contributed by atoms with Crippen molar-refractivity contribution < 1.29 is 4.79 Å². The number of halogens is 1. The van der Waals surface area contributed by atoms with Crippen LogP contribution in [0.5, 0.6) is 0 Å². The van der Waals surface area contributed by atoms with Crippen LogP contribution in [-0.2, 0) is 24.2 Å². The Balaban J connectivity index is 1.63. The van der Waals surface area contributed by atoms with Crippen molar-refractivity contribution in [3.8, 4) is 0 Å². The lowest BCUT2D eigenvalue weighted by Gasteiger charge is -2.10. The van der Waals surface area contributed by atoms with Crippen molar-refractivity contribution in [2.45, 2.75) is 26.3 Å². The lowest BCUT2D eigenvalue weighted by atomic mass is 10.1. The number of hydrogen-bond donors (Lipinski definition) is 1. The van der Waals surface area contributed by atoms with Gasteiger partial charge < -0.3 is 9.88 Å². The van der Waals surface area contributed by atoms with Crippen molar-refractivity contribution in [1.29, 1.82) is 0 Å². The molecule has 26 heavy (non-hydrogen) atoms. The Morgan fingerprint density at radius 3 is 2.65 bits per heavy atom. The second kappa shape index (κ2) is 8.19. The second-order valence-electron chi connectivity index (χ2n) is 6.46. The average Bonchev–Trinajstić information content (AvgIpc) is 2.94. The minimum Gasteiger partial charge on any atom is -0.355 e. The van der Waals surface area contributed by atoms with Gasteiger partial charge in [-0.2, -0.15) is 0 Å². The van der Waals surface area contributed by atoms with Crippen molar-refractivity contribution in [3.63, 3.8) is 0 Å². The summed E-state index contributed by atoms with van der Waals surface area (Å²) in [6.45, 7) is 7.30. The number of hydrogen-bond acceptors (Lipinski definition) is 2. The number of nitrogens with one attached hydrogen (secondary N) is 1. The molecule has 0 aliphatic heterocycles. The summed E-state index contributed by atoms with van der Waals surface area (Å²) in [5.74, 6) is 0.955. The molecule has 134 valence electrons. The van der Waals surface area contributed by atoms with Crippen LogP contribution in [0.25, 0.3) is 11.0 Å². The van der Waals surface area contributed by atoms with E-state index in [1.807, 2.05) is 37.3 Å². The molecule has 0 radical (unpaired) electrons. The van der Waals surface area contributed by atoms with Crippen molar-refractivity contribution in [3.05, 3.63) is 77.1 Å². The molecular weight excluding hydrogens is 346 g/mol. The zero-order chi connectivity index (χ0) is 18.5. The van der Waals surface area contributed by atoms with E-state index in [2.05, 4.69) is 22.5 Å². The summed E-state index contributed by atoms with van der Waals surface area (Å²) in [5, 5.41) is 3.64. The molecule has 0 saturated carbocycles. The molecule has 0 spiro atoms. The number of amides is 1. The monoisotopic (exact) mass is 367 g/mol. The number of nitrogens with zero attached hydrogens (tertiary/aromatic N) is 2.